The second-order valence-corrected chi connectivity index (χ2v) is 6.95. The second-order valence-electron chi connectivity index (χ2n) is 3.77. The highest BCUT2D eigenvalue weighted by Crippen LogP contribution is 2.10. The molecule has 5 heteroatoms. The van der Waals surface area contributed by atoms with E-state index in [1.54, 1.807) is 6.08 Å². The highest BCUT2D eigenvalue weighted by molar-refractivity contribution is 14.1. The number of benzene rings is 1. The molecule has 1 aliphatic rings. The molecule has 1 aromatic rings. The van der Waals surface area contributed by atoms with Crippen molar-refractivity contribution in [3.05, 3.63) is 44.9 Å². The Labute approximate surface area is 109 Å². The van der Waals surface area contributed by atoms with E-state index in [4.69, 9.17) is 0 Å². The Bertz CT molecular complexity index is 493. The first-order valence-corrected chi connectivity index (χ1v) is 7.73. The molecule has 1 aromatic carbocycles. The molecule has 0 bridgehead atoms. The summed E-state index contributed by atoms with van der Waals surface area (Å²) in [6, 6.07) is 8.12. The minimum atomic E-state index is -2.95. The van der Waals surface area contributed by atoms with Gasteiger partial charge in [-0.3, -0.25) is 0 Å². The van der Waals surface area contributed by atoms with Crippen LogP contribution in [0.25, 0.3) is 0 Å². The van der Waals surface area contributed by atoms with Crippen LogP contribution >= 0.6 is 22.6 Å². The summed E-state index contributed by atoms with van der Waals surface area (Å²) < 4.78 is 23.5. The first-order chi connectivity index (χ1) is 7.55. The number of hydrogen-bond donors (Lipinski definition) is 1. The highest BCUT2D eigenvalue weighted by atomic mass is 127. The molecular weight excluding hydrogens is 337 g/mol. The van der Waals surface area contributed by atoms with Crippen LogP contribution in [0, 0.1) is 3.57 Å². The molecule has 0 aliphatic carbocycles. The summed E-state index contributed by atoms with van der Waals surface area (Å²) >= 11 is 2.26. The smallest absolute Gasteiger partial charge is 0.173 e. The molecule has 0 aromatic heterocycles. The van der Waals surface area contributed by atoms with Gasteiger partial charge in [-0.1, -0.05) is 18.2 Å². The lowest BCUT2D eigenvalue weighted by atomic mass is 10.2. The standard InChI is InChI=1S/C11H12INO2S/c12-10-3-1-9(2-4-10)7-13-11-5-6-16(14,15)8-11/h1-6,11,13H,7-8H2. The van der Waals surface area contributed by atoms with Gasteiger partial charge < -0.3 is 5.32 Å². The number of rotatable bonds is 3. The molecule has 0 amide bonds. The van der Waals surface area contributed by atoms with Crippen LogP contribution in [0.5, 0.6) is 0 Å². The van der Waals surface area contributed by atoms with E-state index in [9.17, 15) is 8.42 Å². The summed E-state index contributed by atoms with van der Waals surface area (Å²) in [5.41, 5.74) is 1.16. The van der Waals surface area contributed by atoms with Crippen molar-refractivity contribution in [3.63, 3.8) is 0 Å². The lowest BCUT2D eigenvalue weighted by molar-refractivity contribution is 0.590. The van der Waals surface area contributed by atoms with Crippen LogP contribution in [-0.2, 0) is 16.4 Å². The molecule has 0 spiro atoms. The molecule has 0 saturated heterocycles. The fourth-order valence-corrected chi connectivity index (χ4v) is 3.18. The lowest BCUT2D eigenvalue weighted by Gasteiger charge is -2.09. The normalized spacial score (nSPS) is 22.4. The van der Waals surface area contributed by atoms with Gasteiger partial charge in [0.1, 0.15) is 0 Å². The van der Waals surface area contributed by atoms with Crippen molar-refractivity contribution in [2.45, 2.75) is 12.6 Å². The Balaban J connectivity index is 1.89. The van der Waals surface area contributed by atoms with Gasteiger partial charge in [-0.15, -0.1) is 0 Å². The third kappa shape index (κ3) is 3.29. The largest absolute Gasteiger partial charge is 0.305 e. The van der Waals surface area contributed by atoms with Crippen molar-refractivity contribution in [1.82, 2.24) is 5.32 Å². The fraction of sp³-hybridized carbons (Fsp3) is 0.273. The molecule has 2 rings (SSSR count). The number of sulfone groups is 1. The monoisotopic (exact) mass is 349 g/mol. The van der Waals surface area contributed by atoms with Gasteiger partial charge >= 0.3 is 0 Å². The summed E-state index contributed by atoms with van der Waals surface area (Å²) in [5, 5.41) is 4.49. The second kappa shape index (κ2) is 4.85. The van der Waals surface area contributed by atoms with Crippen LogP contribution in [0.15, 0.2) is 35.7 Å². The van der Waals surface area contributed by atoms with E-state index in [0.29, 0.717) is 6.54 Å². The van der Waals surface area contributed by atoms with E-state index in [1.807, 2.05) is 24.3 Å². The lowest BCUT2D eigenvalue weighted by Crippen LogP contribution is -2.29. The van der Waals surface area contributed by atoms with Gasteiger partial charge in [0.2, 0.25) is 0 Å². The predicted molar refractivity (Wildman–Crippen MR) is 72.7 cm³/mol. The van der Waals surface area contributed by atoms with Crippen LogP contribution in [0.3, 0.4) is 0 Å². The topological polar surface area (TPSA) is 46.2 Å². The van der Waals surface area contributed by atoms with E-state index < -0.39 is 9.84 Å². The zero-order valence-electron chi connectivity index (χ0n) is 8.56. The van der Waals surface area contributed by atoms with Crippen molar-refractivity contribution < 1.29 is 8.42 Å². The van der Waals surface area contributed by atoms with E-state index in [1.165, 1.54) is 8.98 Å². The highest BCUT2D eigenvalue weighted by Gasteiger charge is 2.20. The molecule has 1 unspecified atom stereocenters. The van der Waals surface area contributed by atoms with Crippen molar-refractivity contribution in [1.29, 1.82) is 0 Å². The predicted octanol–water partition coefficient (Wildman–Crippen LogP) is 1.69. The molecular formula is C11H12INO2S. The van der Waals surface area contributed by atoms with Crippen LogP contribution in [0.1, 0.15) is 5.56 Å². The van der Waals surface area contributed by atoms with Gasteiger partial charge in [0.25, 0.3) is 0 Å². The Kier molecular flexibility index (Phi) is 3.66. The quantitative estimate of drug-likeness (QED) is 0.845. The number of nitrogens with one attached hydrogen (secondary N) is 1. The van der Waals surface area contributed by atoms with Gasteiger partial charge in [0.05, 0.1) is 5.75 Å². The van der Waals surface area contributed by atoms with Crippen molar-refractivity contribution >= 4 is 32.4 Å². The maximum atomic E-state index is 11.2. The Hall–Kier alpha value is -0.400. The van der Waals surface area contributed by atoms with Crippen molar-refractivity contribution in [2.75, 3.05) is 5.75 Å². The van der Waals surface area contributed by atoms with Gasteiger partial charge in [-0.05, 0) is 40.3 Å². The minimum absolute atomic E-state index is 0.0516. The average molecular weight is 349 g/mol. The van der Waals surface area contributed by atoms with Crippen LogP contribution in [0.4, 0.5) is 0 Å². The van der Waals surface area contributed by atoms with Crippen LogP contribution in [-0.4, -0.2) is 20.2 Å². The maximum Gasteiger partial charge on any atom is 0.173 e. The number of hydrogen-bond acceptors (Lipinski definition) is 3. The molecule has 16 heavy (non-hydrogen) atoms. The van der Waals surface area contributed by atoms with Crippen LogP contribution in [0.2, 0.25) is 0 Å². The molecule has 0 saturated carbocycles. The maximum absolute atomic E-state index is 11.2. The SMILES string of the molecule is O=S1(=O)C=CC(NCc2ccc(I)cc2)C1. The first kappa shape index (κ1) is 12.1. The Morgan fingerprint density at radius 3 is 2.56 bits per heavy atom. The van der Waals surface area contributed by atoms with Crippen molar-refractivity contribution in [2.24, 2.45) is 0 Å². The van der Waals surface area contributed by atoms with E-state index >= 15 is 0 Å². The molecule has 3 nitrogen and oxygen atoms in total. The minimum Gasteiger partial charge on any atom is -0.305 e. The summed E-state index contributed by atoms with van der Waals surface area (Å²) in [4.78, 5) is 0. The van der Waals surface area contributed by atoms with Gasteiger partial charge in [0, 0.05) is 21.6 Å². The molecule has 1 N–H and O–H groups in total. The molecule has 0 fully saturated rings. The summed E-state index contributed by atoms with van der Waals surface area (Å²) in [6.45, 7) is 0.696. The summed E-state index contributed by atoms with van der Waals surface area (Å²) in [7, 11) is -2.95. The Morgan fingerprint density at radius 2 is 2.00 bits per heavy atom. The summed E-state index contributed by atoms with van der Waals surface area (Å²) in [5.74, 6) is 0.178. The zero-order valence-corrected chi connectivity index (χ0v) is 11.5. The molecule has 1 aliphatic heterocycles. The van der Waals surface area contributed by atoms with E-state index in [-0.39, 0.29) is 11.8 Å². The van der Waals surface area contributed by atoms with Crippen molar-refractivity contribution in [3.8, 4) is 0 Å². The fourth-order valence-electron chi connectivity index (χ4n) is 1.55. The third-order valence-corrected chi connectivity index (χ3v) is 4.53. The number of halogens is 1. The molecule has 0 radical (unpaired) electrons. The van der Waals surface area contributed by atoms with Gasteiger partial charge in [0.15, 0.2) is 9.84 Å². The van der Waals surface area contributed by atoms with Gasteiger partial charge in [-0.25, -0.2) is 8.42 Å². The zero-order chi connectivity index (χ0) is 11.6. The van der Waals surface area contributed by atoms with Crippen LogP contribution < -0.4 is 5.32 Å². The van der Waals surface area contributed by atoms with E-state index in [2.05, 4.69) is 27.9 Å². The molecule has 1 heterocycles. The van der Waals surface area contributed by atoms with E-state index in [0.717, 1.165) is 5.56 Å². The third-order valence-electron chi connectivity index (χ3n) is 2.41. The molecule has 86 valence electrons. The Morgan fingerprint density at radius 1 is 1.31 bits per heavy atom. The van der Waals surface area contributed by atoms with Gasteiger partial charge in [-0.2, -0.15) is 0 Å². The summed E-state index contributed by atoms with van der Waals surface area (Å²) in [6.07, 6.45) is 1.71. The molecule has 1 atom stereocenters. The average Bonchev–Trinajstić information content (AvgIpc) is 2.58. The first-order valence-electron chi connectivity index (χ1n) is 4.94.